The van der Waals surface area contributed by atoms with Crippen molar-refractivity contribution in [1.29, 1.82) is 0 Å². The normalized spacial score (nSPS) is 25.9. The van der Waals surface area contributed by atoms with Gasteiger partial charge in [0.1, 0.15) is 5.75 Å². The van der Waals surface area contributed by atoms with Gasteiger partial charge in [-0.05, 0) is 70.2 Å². The molecule has 3 atom stereocenters. The van der Waals surface area contributed by atoms with Gasteiger partial charge in [-0.3, -0.25) is 4.79 Å². The number of carbonyl (C=O) groups is 1. The number of piperidine rings is 2. The van der Waals surface area contributed by atoms with Crippen LogP contribution in [0.3, 0.4) is 0 Å². The fourth-order valence-electron chi connectivity index (χ4n) is 5.93. The molecular weight excluding hydrogens is 447 g/mol. The number of amides is 1. The van der Waals surface area contributed by atoms with Crippen LogP contribution in [0.2, 0.25) is 0 Å². The zero-order chi connectivity index (χ0) is 25.0. The maximum Gasteiger partial charge on any atom is 0.272 e. The first kappa shape index (κ1) is 23.4. The molecule has 0 unspecified atom stereocenters. The minimum absolute atomic E-state index is 0.0677. The van der Waals surface area contributed by atoms with Gasteiger partial charge in [0.15, 0.2) is 17.3 Å². The average Bonchev–Trinajstić information content (AvgIpc) is 2.81. The molecule has 1 aromatic carbocycles. The Morgan fingerprint density at radius 3 is 2.51 bits per heavy atom. The van der Waals surface area contributed by atoms with E-state index in [1.807, 2.05) is 12.1 Å². The van der Waals surface area contributed by atoms with E-state index in [1.54, 1.807) is 6.07 Å². The van der Waals surface area contributed by atoms with Gasteiger partial charge in [-0.2, -0.15) is 0 Å². The van der Waals surface area contributed by atoms with Crippen LogP contribution in [0.5, 0.6) is 5.75 Å². The van der Waals surface area contributed by atoms with Crippen LogP contribution in [0.1, 0.15) is 56.4 Å². The summed E-state index contributed by atoms with van der Waals surface area (Å²) in [6.45, 7) is 4.63. The number of phenolic OH excluding ortho intramolecular Hbond substituents is 1. The van der Waals surface area contributed by atoms with Crippen molar-refractivity contribution < 1.29 is 14.3 Å². The number of halogens is 1. The largest absolute Gasteiger partial charge is 0.507 e. The smallest absolute Gasteiger partial charge is 0.272 e. The van der Waals surface area contributed by atoms with Gasteiger partial charge in [0, 0.05) is 48.2 Å². The summed E-state index contributed by atoms with van der Waals surface area (Å²) in [5, 5.41) is 26.1. The number of nitrogens with one attached hydrogen (secondary N) is 2. The highest BCUT2D eigenvalue weighted by molar-refractivity contribution is 5.96. The van der Waals surface area contributed by atoms with Crippen LogP contribution in [0.4, 0.5) is 10.2 Å². The Morgan fingerprint density at radius 2 is 1.89 bits per heavy atom. The molecule has 184 valence electrons. The van der Waals surface area contributed by atoms with Crippen molar-refractivity contribution in [1.82, 2.24) is 25.8 Å². The summed E-state index contributed by atoms with van der Waals surface area (Å²) in [6.07, 6.45) is 5.71. The molecule has 9 heteroatoms. The maximum absolute atomic E-state index is 14.4. The Labute approximate surface area is 204 Å². The van der Waals surface area contributed by atoms with E-state index in [0.717, 1.165) is 18.7 Å². The van der Waals surface area contributed by atoms with E-state index in [0.29, 0.717) is 28.2 Å². The Bertz CT molecular complexity index is 1280. The number of benzene rings is 1. The van der Waals surface area contributed by atoms with E-state index in [4.69, 9.17) is 0 Å². The average molecular weight is 479 g/mol. The zero-order valence-corrected chi connectivity index (χ0v) is 20.5. The quantitative estimate of drug-likeness (QED) is 0.524. The van der Waals surface area contributed by atoms with Crippen LogP contribution in [0.15, 0.2) is 30.3 Å². The highest BCUT2D eigenvalue weighted by Gasteiger charge is 2.46. The summed E-state index contributed by atoms with van der Waals surface area (Å²) in [7, 11) is 3.47. The molecule has 0 spiro atoms. The lowest BCUT2D eigenvalue weighted by atomic mass is 9.69. The molecule has 3 N–H and O–H groups in total. The third-order valence-electron chi connectivity index (χ3n) is 7.60. The first-order valence-corrected chi connectivity index (χ1v) is 12.0. The molecule has 2 aromatic heterocycles. The van der Waals surface area contributed by atoms with Gasteiger partial charge in [-0.15, -0.1) is 10.2 Å². The standard InChI is InChI=1S/C26H31FN6O2/c1-25-8-5-9-26(2,32-25)14-16(13-25)33(4)22-7-6-19(30-31-22)17-10-15-11-18(27)23(24(35)28-3)29-20(15)12-21(17)34/h6-7,10-12,16,32,34H,5,8-9,13-14H2,1-4H3,(H,28,35)/t16-,25-,26+. The minimum atomic E-state index is -0.731. The number of aromatic nitrogens is 3. The molecule has 2 aliphatic rings. The molecule has 1 amide bonds. The molecule has 2 aliphatic heterocycles. The van der Waals surface area contributed by atoms with E-state index in [1.165, 1.54) is 38.4 Å². The Morgan fingerprint density at radius 1 is 1.17 bits per heavy atom. The molecule has 35 heavy (non-hydrogen) atoms. The highest BCUT2D eigenvalue weighted by atomic mass is 19.1. The first-order valence-electron chi connectivity index (χ1n) is 12.0. The van der Waals surface area contributed by atoms with Gasteiger partial charge in [0.05, 0.1) is 11.2 Å². The number of carbonyl (C=O) groups excluding carboxylic acids is 1. The van der Waals surface area contributed by atoms with Gasteiger partial charge in [0.2, 0.25) is 0 Å². The second-order valence-electron chi connectivity index (χ2n) is 10.5. The number of rotatable bonds is 4. The molecule has 0 saturated carbocycles. The first-order chi connectivity index (χ1) is 16.6. The molecule has 0 radical (unpaired) electrons. The molecule has 0 aliphatic carbocycles. The van der Waals surface area contributed by atoms with E-state index in [2.05, 4.69) is 51.6 Å². The predicted octanol–water partition coefficient (Wildman–Crippen LogP) is 3.79. The van der Waals surface area contributed by atoms with E-state index >= 15 is 0 Å². The zero-order valence-electron chi connectivity index (χ0n) is 20.5. The molecule has 4 heterocycles. The van der Waals surface area contributed by atoms with Crippen molar-refractivity contribution in [3.05, 3.63) is 41.8 Å². The van der Waals surface area contributed by atoms with Crippen molar-refractivity contribution in [2.45, 2.75) is 63.1 Å². The summed E-state index contributed by atoms with van der Waals surface area (Å²) in [4.78, 5) is 18.1. The lowest BCUT2D eigenvalue weighted by molar-refractivity contribution is 0.0784. The lowest BCUT2D eigenvalue weighted by Crippen LogP contribution is -2.66. The van der Waals surface area contributed by atoms with E-state index in [9.17, 15) is 14.3 Å². The van der Waals surface area contributed by atoms with Gasteiger partial charge < -0.3 is 20.6 Å². The molecule has 2 fully saturated rings. The van der Waals surface area contributed by atoms with Gasteiger partial charge >= 0.3 is 0 Å². The van der Waals surface area contributed by atoms with E-state index in [-0.39, 0.29) is 22.5 Å². The Balaban J connectivity index is 1.41. The van der Waals surface area contributed by atoms with Crippen LogP contribution in [0.25, 0.3) is 22.2 Å². The summed E-state index contributed by atoms with van der Waals surface area (Å²) in [6, 6.07) is 8.32. The lowest BCUT2D eigenvalue weighted by Gasteiger charge is -2.55. The van der Waals surface area contributed by atoms with Crippen LogP contribution in [-0.2, 0) is 0 Å². The minimum Gasteiger partial charge on any atom is -0.507 e. The second kappa shape index (κ2) is 8.41. The van der Waals surface area contributed by atoms with Crippen LogP contribution in [0, 0.1) is 5.82 Å². The third kappa shape index (κ3) is 4.29. The van der Waals surface area contributed by atoms with Gasteiger partial charge in [-0.1, -0.05) is 0 Å². The molecule has 5 rings (SSSR count). The number of aromatic hydroxyl groups is 1. The van der Waals surface area contributed by atoms with Crippen LogP contribution < -0.4 is 15.5 Å². The monoisotopic (exact) mass is 478 g/mol. The number of hydrogen-bond donors (Lipinski definition) is 3. The second-order valence-corrected chi connectivity index (χ2v) is 10.5. The van der Waals surface area contributed by atoms with Crippen molar-refractivity contribution >= 4 is 22.6 Å². The fraction of sp³-hybridized carbons (Fsp3) is 0.462. The highest BCUT2D eigenvalue weighted by Crippen LogP contribution is 2.42. The molecular formula is C26H31FN6O2. The number of hydrogen-bond acceptors (Lipinski definition) is 7. The molecule has 2 bridgehead atoms. The summed E-state index contributed by atoms with van der Waals surface area (Å²) in [5.41, 5.74) is 1.16. The van der Waals surface area contributed by atoms with Crippen molar-refractivity contribution in [2.24, 2.45) is 0 Å². The van der Waals surface area contributed by atoms with Gasteiger partial charge in [0.25, 0.3) is 5.91 Å². The van der Waals surface area contributed by atoms with Crippen molar-refractivity contribution in [3.8, 4) is 17.0 Å². The number of nitrogens with zero attached hydrogens (tertiary/aromatic N) is 4. The Hall–Kier alpha value is -3.33. The fourth-order valence-corrected chi connectivity index (χ4v) is 5.93. The molecule has 3 aromatic rings. The third-order valence-corrected chi connectivity index (χ3v) is 7.60. The molecule has 8 nitrogen and oxygen atoms in total. The van der Waals surface area contributed by atoms with Crippen molar-refractivity contribution in [3.63, 3.8) is 0 Å². The number of fused-ring (bicyclic) bond motifs is 3. The SMILES string of the molecule is CNC(=O)c1nc2cc(O)c(-c3ccc(N(C)[C@H]4C[C@]5(C)CCC[C@](C)(C4)N5)nn3)cc2cc1F. The topological polar surface area (TPSA) is 103 Å². The van der Waals surface area contributed by atoms with Gasteiger partial charge in [-0.25, -0.2) is 9.37 Å². The van der Waals surface area contributed by atoms with Crippen molar-refractivity contribution in [2.75, 3.05) is 19.0 Å². The van der Waals surface area contributed by atoms with Crippen LogP contribution >= 0.6 is 0 Å². The number of anilines is 1. The van der Waals surface area contributed by atoms with E-state index < -0.39 is 11.7 Å². The maximum atomic E-state index is 14.4. The summed E-state index contributed by atoms with van der Waals surface area (Å²) < 4.78 is 14.4. The van der Waals surface area contributed by atoms with Crippen LogP contribution in [-0.4, -0.2) is 57.4 Å². The molecule has 2 saturated heterocycles. The Kier molecular flexibility index (Phi) is 5.62. The summed E-state index contributed by atoms with van der Waals surface area (Å²) >= 11 is 0. The predicted molar refractivity (Wildman–Crippen MR) is 133 cm³/mol. The number of pyridine rings is 1. The number of phenols is 1. The summed E-state index contributed by atoms with van der Waals surface area (Å²) in [5.74, 6) is -0.652.